The summed E-state index contributed by atoms with van der Waals surface area (Å²) in [6.45, 7) is 6.69. The maximum absolute atomic E-state index is 14.0. The average molecular weight is 314 g/mol. The highest BCUT2D eigenvalue weighted by atomic mass is 19.1. The molecule has 120 valence electrons. The molecule has 1 aliphatic rings. The molecule has 2 aromatic rings. The molecule has 0 fully saturated rings. The van der Waals surface area contributed by atoms with E-state index >= 15 is 0 Å². The summed E-state index contributed by atoms with van der Waals surface area (Å²) in [4.78, 5) is 13.3. The van der Waals surface area contributed by atoms with Gasteiger partial charge in [0.1, 0.15) is 5.82 Å². The number of anilines is 1. The Morgan fingerprint density at radius 1 is 1.22 bits per heavy atom. The van der Waals surface area contributed by atoms with Gasteiger partial charge in [0, 0.05) is 35.5 Å². The van der Waals surface area contributed by atoms with Crippen molar-refractivity contribution in [2.45, 2.75) is 32.6 Å². The molecule has 2 N–H and O–H groups in total. The SMILES string of the molecule is CC(C)(C)c1nc2c(c(Oc3ccc(N)cc3F)n1)CCN=C2. The van der Waals surface area contributed by atoms with Crippen LogP contribution in [0.4, 0.5) is 10.1 Å². The summed E-state index contributed by atoms with van der Waals surface area (Å²) in [5.41, 5.74) is 7.26. The first-order valence-electron chi connectivity index (χ1n) is 7.49. The van der Waals surface area contributed by atoms with Crippen molar-refractivity contribution < 1.29 is 9.13 Å². The number of nitrogens with zero attached hydrogens (tertiary/aromatic N) is 3. The van der Waals surface area contributed by atoms with Gasteiger partial charge in [0.25, 0.3) is 0 Å². The molecule has 0 spiro atoms. The zero-order valence-corrected chi connectivity index (χ0v) is 13.4. The van der Waals surface area contributed by atoms with Crippen LogP contribution in [0.3, 0.4) is 0 Å². The van der Waals surface area contributed by atoms with Crippen LogP contribution in [0.1, 0.15) is 37.9 Å². The second kappa shape index (κ2) is 5.61. The normalized spacial score (nSPS) is 13.7. The molecule has 5 nitrogen and oxygen atoms in total. The van der Waals surface area contributed by atoms with Gasteiger partial charge in [-0.3, -0.25) is 4.99 Å². The van der Waals surface area contributed by atoms with Gasteiger partial charge in [-0.2, -0.15) is 4.98 Å². The van der Waals surface area contributed by atoms with Crippen molar-refractivity contribution in [3.8, 4) is 11.6 Å². The highest BCUT2D eigenvalue weighted by Crippen LogP contribution is 2.31. The maximum Gasteiger partial charge on any atom is 0.226 e. The van der Waals surface area contributed by atoms with Gasteiger partial charge in [-0.05, 0) is 18.6 Å². The lowest BCUT2D eigenvalue weighted by atomic mass is 9.95. The zero-order valence-electron chi connectivity index (χ0n) is 13.4. The lowest BCUT2D eigenvalue weighted by Crippen LogP contribution is -2.20. The van der Waals surface area contributed by atoms with E-state index in [1.165, 1.54) is 12.1 Å². The summed E-state index contributed by atoms with van der Waals surface area (Å²) in [6.07, 6.45) is 2.39. The predicted octanol–water partition coefficient (Wildman–Crippen LogP) is 3.26. The Hall–Kier alpha value is -2.50. The summed E-state index contributed by atoms with van der Waals surface area (Å²) < 4.78 is 19.8. The molecular weight excluding hydrogens is 295 g/mol. The monoisotopic (exact) mass is 314 g/mol. The molecule has 0 radical (unpaired) electrons. The molecule has 0 bridgehead atoms. The Labute approximate surface area is 134 Å². The summed E-state index contributed by atoms with van der Waals surface area (Å²) >= 11 is 0. The minimum Gasteiger partial charge on any atom is -0.436 e. The van der Waals surface area contributed by atoms with Crippen LogP contribution >= 0.6 is 0 Å². The van der Waals surface area contributed by atoms with Gasteiger partial charge in [0.05, 0.1) is 5.69 Å². The Kier molecular flexibility index (Phi) is 3.75. The van der Waals surface area contributed by atoms with Crippen molar-refractivity contribution in [2.75, 3.05) is 12.3 Å². The molecule has 2 heterocycles. The number of fused-ring (bicyclic) bond motifs is 1. The highest BCUT2D eigenvalue weighted by Gasteiger charge is 2.24. The fourth-order valence-corrected chi connectivity index (χ4v) is 2.27. The second-order valence-electron chi connectivity index (χ2n) is 6.54. The number of nitrogens with two attached hydrogens (primary N) is 1. The van der Waals surface area contributed by atoms with Gasteiger partial charge < -0.3 is 10.5 Å². The van der Waals surface area contributed by atoms with E-state index in [2.05, 4.69) is 15.0 Å². The Morgan fingerprint density at radius 2 is 2.00 bits per heavy atom. The van der Waals surface area contributed by atoms with Gasteiger partial charge in [-0.15, -0.1) is 0 Å². The number of benzene rings is 1. The topological polar surface area (TPSA) is 73.4 Å². The van der Waals surface area contributed by atoms with Crippen LogP contribution in [-0.2, 0) is 11.8 Å². The number of halogens is 1. The molecule has 0 aliphatic carbocycles. The molecule has 0 saturated heterocycles. The quantitative estimate of drug-likeness (QED) is 0.863. The standard InChI is InChI=1S/C17H19FN4O/c1-17(2,3)16-21-13-9-20-7-6-11(13)15(22-16)23-14-5-4-10(19)8-12(14)18/h4-5,8-9H,6-7,19H2,1-3H3. The molecule has 1 aliphatic heterocycles. The van der Waals surface area contributed by atoms with Crippen LogP contribution < -0.4 is 10.5 Å². The third kappa shape index (κ3) is 3.16. The lowest BCUT2D eigenvalue weighted by molar-refractivity contribution is 0.411. The van der Waals surface area contributed by atoms with Crippen LogP contribution in [0.15, 0.2) is 23.2 Å². The molecule has 6 heteroatoms. The maximum atomic E-state index is 14.0. The van der Waals surface area contributed by atoms with Gasteiger partial charge in [0.15, 0.2) is 11.6 Å². The van der Waals surface area contributed by atoms with E-state index < -0.39 is 5.82 Å². The fourth-order valence-electron chi connectivity index (χ4n) is 2.27. The Bertz CT molecular complexity index is 781. The minimum absolute atomic E-state index is 0.0995. The van der Waals surface area contributed by atoms with Crippen molar-refractivity contribution in [3.05, 3.63) is 41.1 Å². The van der Waals surface area contributed by atoms with Crippen LogP contribution in [0, 0.1) is 5.82 Å². The molecule has 3 rings (SSSR count). The van der Waals surface area contributed by atoms with E-state index in [0.717, 1.165) is 11.3 Å². The number of hydrogen-bond acceptors (Lipinski definition) is 5. The number of hydrogen-bond donors (Lipinski definition) is 1. The third-order valence-corrected chi connectivity index (χ3v) is 3.54. The van der Waals surface area contributed by atoms with E-state index in [9.17, 15) is 4.39 Å². The molecule has 0 atom stereocenters. The predicted molar refractivity (Wildman–Crippen MR) is 87.8 cm³/mol. The fraction of sp³-hybridized carbons (Fsp3) is 0.353. The smallest absolute Gasteiger partial charge is 0.226 e. The number of aliphatic imine (C=N–C) groups is 1. The number of ether oxygens (including phenoxy) is 1. The average Bonchev–Trinajstić information content (AvgIpc) is 2.49. The van der Waals surface area contributed by atoms with Gasteiger partial charge in [-0.25, -0.2) is 9.37 Å². The third-order valence-electron chi connectivity index (χ3n) is 3.54. The minimum atomic E-state index is -0.515. The first-order valence-corrected chi connectivity index (χ1v) is 7.49. The molecule has 1 aromatic heterocycles. The van der Waals surface area contributed by atoms with E-state index in [4.69, 9.17) is 10.5 Å². The van der Waals surface area contributed by atoms with Crippen LogP contribution in [0.5, 0.6) is 11.6 Å². The Balaban J connectivity index is 2.08. The largest absolute Gasteiger partial charge is 0.436 e. The molecular formula is C17H19FN4O. The summed E-state index contributed by atoms with van der Waals surface area (Å²) in [7, 11) is 0. The number of nitrogen functional groups attached to an aromatic ring is 1. The molecule has 0 amide bonds. The summed E-state index contributed by atoms with van der Waals surface area (Å²) in [5.74, 6) is 0.604. The van der Waals surface area contributed by atoms with Crippen molar-refractivity contribution in [1.82, 2.24) is 9.97 Å². The van der Waals surface area contributed by atoms with Gasteiger partial charge in [-0.1, -0.05) is 20.8 Å². The summed E-state index contributed by atoms with van der Waals surface area (Å²) in [6, 6.07) is 4.33. The van der Waals surface area contributed by atoms with Crippen LogP contribution in [0.25, 0.3) is 0 Å². The first kappa shape index (κ1) is 15.4. The lowest BCUT2D eigenvalue weighted by Gasteiger charge is -2.21. The molecule has 23 heavy (non-hydrogen) atoms. The van der Waals surface area contributed by atoms with Crippen molar-refractivity contribution >= 4 is 11.9 Å². The Morgan fingerprint density at radius 3 is 2.70 bits per heavy atom. The van der Waals surface area contributed by atoms with E-state index in [1.54, 1.807) is 12.3 Å². The zero-order chi connectivity index (χ0) is 16.6. The van der Waals surface area contributed by atoms with Gasteiger partial charge in [0.2, 0.25) is 5.88 Å². The van der Waals surface area contributed by atoms with Crippen LogP contribution in [0.2, 0.25) is 0 Å². The number of rotatable bonds is 2. The van der Waals surface area contributed by atoms with E-state index in [1.807, 2.05) is 20.8 Å². The first-order chi connectivity index (χ1) is 10.8. The van der Waals surface area contributed by atoms with E-state index in [-0.39, 0.29) is 11.2 Å². The van der Waals surface area contributed by atoms with Crippen LogP contribution in [-0.4, -0.2) is 22.7 Å². The molecule has 1 aromatic carbocycles. The van der Waals surface area contributed by atoms with E-state index in [0.29, 0.717) is 30.4 Å². The number of aromatic nitrogens is 2. The second-order valence-corrected chi connectivity index (χ2v) is 6.54. The molecule has 0 unspecified atom stereocenters. The van der Waals surface area contributed by atoms with Gasteiger partial charge >= 0.3 is 0 Å². The van der Waals surface area contributed by atoms with Crippen molar-refractivity contribution in [3.63, 3.8) is 0 Å². The highest BCUT2D eigenvalue weighted by molar-refractivity contribution is 5.81. The van der Waals surface area contributed by atoms with Crippen molar-refractivity contribution in [2.24, 2.45) is 4.99 Å². The molecule has 0 saturated carbocycles. The summed E-state index contributed by atoms with van der Waals surface area (Å²) in [5, 5.41) is 0. The van der Waals surface area contributed by atoms with Crippen molar-refractivity contribution in [1.29, 1.82) is 0 Å².